The van der Waals surface area contributed by atoms with E-state index in [1.807, 2.05) is 31.2 Å². The molecule has 2 N–H and O–H groups in total. The molecule has 1 aromatic carbocycles. The zero-order chi connectivity index (χ0) is 22.8. The highest BCUT2D eigenvalue weighted by atomic mass is 32.2. The van der Waals surface area contributed by atoms with E-state index in [1.165, 1.54) is 27.8 Å². The third kappa shape index (κ3) is 4.57. The second-order valence-corrected chi connectivity index (χ2v) is 9.91. The lowest BCUT2D eigenvalue weighted by atomic mass is 10.1. The maximum atomic E-state index is 12.5. The molecule has 11 heteroatoms. The van der Waals surface area contributed by atoms with Crippen molar-refractivity contribution >= 4 is 15.7 Å². The highest BCUT2D eigenvalue weighted by Gasteiger charge is 2.43. The lowest BCUT2D eigenvalue weighted by Crippen LogP contribution is -2.49. The van der Waals surface area contributed by atoms with Crippen molar-refractivity contribution < 1.29 is 18.4 Å². The van der Waals surface area contributed by atoms with Crippen LogP contribution in [-0.4, -0.2) is 50.1 Å². The third-order valence-electron chi connectivity index (χ3n) is 5.26. The van der Waals surface area contributed by atoms with Crippen LogP contribution in [0.2, 0.25) is 0 Å². The summed E-state index contributed by atoms with van der Waals surface area (Å²) in [5, 5.41) is 17.3. The number of pyridine rings is 1. The topological polar surface area (TPSA) is 136 Å². The van der Waals surface area contributed by atoms with Crippen molar-refractivity contribution in [2.24, 2.45) is 0 Å². The fourth-order valence-corrected chi connectivity index (χ4v) is 3.89. The van der Waals surface area contributed by atoms with E-state index in [0.29, 0.717) is 5.56 Å². The molecule has 0 bridgehead atoms. The number of benzene rings is 1. The number of hydrogen-bond donors (Lipinski definition) is 2. The number of nitrogens with zero attached hydrogens (tertiary/aromatic N) is 4. The second-order valence-electron chi connectivity index (χ2n) is 7.46. The highest BCUT2D eigenvalue weighted by molar-refractivity contribution is 7.92. The molecule has 164 valence electrons. The molecule has 0 aliphatic rings. The van der Waals surface area contributed by atoms with Crippen LogP contribution in [0.15, 0.2) is 53.6 Å². The van der Waals surface area contributed by atoms with Gasteiger partial charge in [-0.2, -0.15) is 15.0 Å². The van der Waals surface area contributed by atoms with E-state index >= 15 is 0 Å². The van der Waals surface area contributed by atoms with Gasteiger partial charge >= 0.3 is 0 Å². The number of nitrogens with one attached hydrogen (secondary N) is 1. The number of hydrogen-bond acceptors (Lipinski definition) is 7. The van der Waals surface area contributed by atoms with Crippen molar-refractivity contribution in [2.75, 3.05) is 6.26 Å². The molecule has 0 saturated heterocycles. The van der Waals surface area contributed by atoms with Gasteiger partial charge in [0, 0.05) is 25.1 Å². The molecule has 2 aromatic heterocycles. The van der Waals surface area contributed by atoms with Crippen LogP contribution in [0.3, 0.4) is 0 Å². The maximum absolute atomic E-state index is 12.5. The number of carbonyl (C=O) groups excluding carboxylic acids is 1. The van der Waals surface area contributed by atoms with Gasteiger partial charge in [0.25, 0.3) is 11.5 Å². The average Bonchev–Trinajstić information content (AvgIpc) is 3.17. The summed E-state index contributed by atoms with van der Waals surface area (Å²) in [6, 6.07) is 10.5. The monoisotopic (exact) mass is 445 g/mol. The molecule has 0 radical (unpaired) electrons. The number of sulfone groups is 1. The van der Waals surface area contributed by atoms with Gasteiger partial charge in [0.15, 0.2) is 14.6 Å². The van der Waals surface area contributed by atoms with Gasteiger partial charge in [0.1, 0.15) is 0 Å². The van der Waals surface area contributed by atoms with Gasteiger partial charge in [-0.15, -0.1) is 0 Å². The summed E-state index contributed by atoms with van der Waals surface area (Å²) < 4.78 is 23.6. The van der Waals surface area contributed by atoms with E-state index in [-0.39, 0.29) is 18.5 Å². The first-order valence-electron chi connectivity index (χ1n) is 9.39. The molecule has 0 aliphatic carbocycles. The van der Waals surface area contributed by atoms with Crippen LogP contribution < -0.4 is 11.0 Å². The van der Waals surface area contributed by atoms with Crippen LogP contribution in [0.4, 0.5) is 0 Å². The summed E-state index contributed by atoms with van der Waals surface area (Å²) in [6.07, 6.45) is 3.94. The molecule has 2 heterocycles. The molecule has 0 fully saturated rings. The van der Waals surface area contributed by atoms with E-state index in [2.05, 4.69) is 10.2 Å². The number of carbonyl (C=O) groups is 1. The molecular formula is C20H23N5O5S. The maximum Gasteiger partial charge on any atom is 0.264 e. The van der Waals surface area contributed by atoms with Crippen LogP contribution in [-0.2, 0) is 21.2 Å². The van der Waals surface area contributed by atoms with Gasteiger partial charge in [-0.3, -0.25) is 14.8 Å². The molecule has 1 atom stereocenters. The van der Waals surface area contributed by atoms with Gasteiger partial charge in [0.2, 0.25) is 0 Å². The Kier molecular flexibility index (Phi) is 6.09. The van der Waals surface area contributed by atoms with Crippen molar-refractivity contribution in [3.63, 3.8) is 0 Å². The van der Waals surface area contributed by atoms with Crippen molar-refractivity contribution in [1.82, 2.24) is 25.0 Å². The molecular weight excluding hydrogens is 422 g/mol. The van der Waals surface area contributed by atoms with Gasteiger partial charge in [-0.05, 0) is 49.6 Å². The minimum atomic E-state index is -3.84. The molecule has 0 aliphatic heterocycles. The number of aromatic nitrogens is 4. The largest absolute Gasteiger partial charge is 0.315 e. The third-order valence-corrected chi connectivity index (χ3v) is 7.29. The molecule has 0 spiro atoms. The summed E-state index contributed by atoms with van der Waals surface area (Å²) in [7, 11) is -3.84. The molecule has 3 aromatic rings. The van der Waals surface area contributed by atoms with Crippen molar-refractivity contribution in [2.45, 2.75) is 31.6 Å². The zero-order valence-corrected chi connectivity index (χ0v) is 18.1. The Morgan fingerprint density at radius 2 is 1.87 bits per heavy atom. The molecule has 0 unspecified atom stereocenters. The summed E-state index contributed by atoms with van der Waals surface area (Å²) in [5.74, 6) is -1.04. The van der Waals surface area contributed by atoms with Crippen LogP contribution in [0.1, 0.15) is 19.0 Å². The van der Waals surface area contributed by atoms with Gasteiger partial charge in [0.05, 0.1) is 17.6 Å². The Bertz CT molecular complexity index is 1260. The Hall–Kier alpha value is -3.31. The molecule has 31 heavy (non-hydrogen) atoms. The zero-order valence-electron chi connectivity index (χ0n) is 17.3. The van der Waals surface area contributed by atoms with Crippen molar-refractivity contribution in [3.8, 4) is 16.8 Å². The Morgan fingerprint density at radius 1 is 1.19 bits per heavy atom. The fourth-order valence-electron chi connectivity index (χ4n) is 3.04. The van der Waals surface area contributed by atoms with E-state index in [4.69, 9.17) is 5.21 Å². The average molecular weight is 446 g/mol. The first-order valence-corrected chi connectivity index (χ1v) is 11.3. The predicted octanol–water partition coefficient (Wildman–Crippen LogP) is 1.10. The lowest BCUT2D eigenvalue weighted by molar-refractivity contribution is -0.131. The van der Waals surface area contributed by atoms with Gasteiger partial charge in [-0.1, -0.05) is 12.1 Å². The standard InChI is InChI=1S/C20H23N5O5S/c1-14-13-21-25(22-14)17-6-4-15(5-7-17)16-8-10-24(18(26)12-16)11-9-20(2,19(27)23-28)31(3,29)30/h4-8,10,12-13,28H,9,11H2,1-3H3,(H,23,27)/t20-/m1/s1. The number of rotatable bonds is 7. The minimum absolute atomic E-state index is 0.0145. The number of amides is 1. The predicted molar refractivity (Wildman–Crippen MR) is 114 cm³/mol. The first-order chi connectivity index (χ1) is 14.5. The lowest BCUT2D eigenvalue weighted by Gasteiger charge is -2.25. The smallest absolute Gasteiger partial charge is 0.264 e. The second kappa shape index (κ2) is 8.44. The van der Waals surface area contributed by atoms with E-state index in [9.17, 15) is 18.0 Å². The molecule has 3 rings (SSSR count). The number of hydroxylamine groups is 1. The number of aryl methyl sites for hydroxylation is 2. The van der Waals surface area contributed by atoms with E-state index in [1.54, 1.807) is 18.5 Å². The van der Waals surface area contributed by atoms with Crippen molar-refractivity contribution in [1.29, 1.82) is 0 Å². The normalized spacial score (nSPS) is 13.5. The Balaban J connectivity index is 1.80. The van der Waals surface area contributed by atoms with Crippen LogP contribution in [0, 0.1) is 6.92 Å². The van der Waals surface area contributed by atoms with Crippen LogP contribution >= 0.6 is 0 Å². The van der Waals surface area contributed by atoms with Crippen molar-refractivity contribution in [3.05, 3.63) is 64.8 Å². The molecule has 10 nitrogen and oxygen atoms in total. The van der Waals surface area contributed by atoms with Crippen LogP contribution in [0.25, 0.3) is 16.8 Å². The van der Waals surface area contributed by atoms with E-state index in [0.717, 1.165) is 23.2 Å². The summed E-state index contributed by atoms with van der Waals surface area (Å²) in [6.45, 7) is 3.05. The molecule has 1 amide bonds. The summed E-state index contributed by atoms with van der Waals surface area (Å²) in [4.78, 5) is 26.0. The summed E-state index contributed by atoms with van der Waals surface area (Å²) >= 11 is 0. The summed E-state index contributed by atoms with van der Waals surface area (Å²) in [5.41, 5.74) is 4.15. The Morgan fingerprint density at radius 3 is 2.39 bits per heavy atom. The van der Waals surface area contributed by atoms with Gasteiger partial charge < -0.3 is 4.57 Å². The Labute approximate surface area is 179 Å². The first kappa shape index (κ1) is 22.4. The van der Waals surface area contributed by atoms with Gasteiger partial charge in [-0.25, -0.2) is 13.9 Å². The minimum Gasteiger partial charge on any atom is -0.315 e. The molecule has 0 saturated carbocycles. The fraction of sp³-hybridized carbons (Fsp3) is 0.300. The quantitative estimate of drug-likeness (QED) is 0.410. The highest BCUT2D eigenvalue weighted by Crippen LogP contribution is 2.23. The van der Waals surface area contributed by atoms with E-state index < -0.39 is 20.5 Å². The van der Waals surface area contributed by atoms with Crippen LogP contribution in [0.5, 0.6) is 0 Å². The SMILES string of the molecule is Cc1cnn(-c2ccc(-c3ccn(CC[C@](C)(C(=O)NO)S(C)(=O)=O)c(=O)c3)cc2)n1.